The molecule has 0 saturated carbocycles. The van der Waals surface area contributed by atoms with Gasteiger partial charge in [0.15, 0.2) is 0 Å². The molecule has 1 atom stereocenters. The number of fused-ring (bicyclic) bond motifs is 1. The topological polar surface area (TPSA) is 29.9 Å². The van der Waals surface area contributed by atoms with Crippen LogP contribution in [0.1, 0.15) is 24.7 Å². The van der Waals surface area contributed by atoms with E-state index in [1.54, 1.807) is 0 Å². The molecule has 3 rings (SSSR count). The fraction of sp³-hybridized carbons (Fsp3) is 0.417. The molecule has 2 aromatic rings. The van der Waals surface area contributed by atoms with Gasteiger partial charge in [-0.1, -0.05) is 12.1 Å². The summed E-state index contributed by atoms with van der Waals surface area (Å²) in [5.74, 6) is 1.17. The van der Waals surface area contributed by atoms with Crippen LogP contribution in [0.3, 0.4) is 0 Å². The van der Waals surface area contributed by atoms with Gasteiger partial charge in [0.1, 0.15) is 5.82 Å². The van der Waals surface area contributed by atoms with Gasteiger partial charge in [0.05, 0.1) is 17.1 Å². The molecule has 16 heavy (non-hydrogen) atoms. The van der Waals surface area contributed by atoms with Crippen LogP contribution >= 0.6 is 12.4 Å². The zero-order chi connectivity index (χ0) is 10.3. The lowest BCUT2D eigenvalue weighted by molar-refractivity contribution is 0.584. The normalized spacial score (nSPS) is 19.9. The summed E-state index contributed by atoms with van der Waals surface area (Å²) in [6, 6.07) is 8.76. The summed E-state index contributed by atoms with van der Waals surface area (Å²) in [5, 5.41) is 3.49. The van der Waals surface area contributed by atoms with Crippen molar-refractivity contribution in [3.05, 3.63) is 30.1 Å². The second-order valence-electron chi connectivity index (χ2n) is 4.17. The van der Waals surface area contributed by atoms with Gasteiger partial charge in [0.2, 0.25) is 0 Å². The molecular formula is C12H16ClN3. The second-order valence-corrected chi connectivity index (χ2v) is 4.17. The smallest absolute Gasteiger partial charge is 0.126 e. The molecule has 0 bridgehead atoms. The number of aromatic nitrogens is 2. The van der Waals surface area contributed by atoms with E-state index in [1.165, 1.54) is 24.2 Å². The van der Waals surface area contributed by atoms with Crippen molar-refractivity contribution in [2.24, 2.45) is 7.05 Å². The summed E-state index contributed by atoms with van der Waals surface area (Å²) in [7, 11) is 2.10. The van der Waals surface area contributed by atoms with Crippen molar-refractivity contribution in [2.45, 2.75) is 18.9 Å². The first-order valence-corrected chi connectivity index (χ1v) is 5.51. The highest BCUT2D eigenvalue weighted by Gasteiger charge is 2.21. The van der Waals surface area contributed by atoms with E-state index in [1.807, 2.05) is 6.07 Å². The van der Waals surface area contributed by atoms with E-state index in [9.17, 15) is 0 Å². The van der Waals surface area contributed by atoms with Crippen LogP contribution in [0.4, 0.5) is 0 Å². The monoisotopic (exact) mass is 237 g/mol. The molecule has 2 heterocycles. The summed E-state index contributed by atoms with van der Waals surface area (Å²) in [6.45, 7) is 1.12. The molecule has 1 aromatic carbocycles. The van der Waals surface area contributed by atoms with Crippen LogP contribution < -0.4 is 5.32 Å². The standard InChI is InChI=1S/C12H15N3.ClH/c1-15-11-7-3-2-5-9(11)14-12(15)10-6-4-8-13-10;/h2-3,5,7,10,13H,4,6,8H2,1H3;1H. The highest BCUT2D eigenvalue weighted by atomic mass is 35.5. The summed E-state index contributed by atoms with van der Waals surface area (Å²) in [4.78, 5) is 4.69. The average molecular weight is 238 g/mol. The van der Waals surface area contributed by atoms with Gasteiger partial charge in [-0.25, -0.2) is 4.98 Å². The number of hydrogen-bond donors (Lipinski definition) is 1. The summed E-state index contributed by atoms with van der Waals surface area (Å²) in [6.07, 6.45) is 2.46. The number of aryl methyl sites for hydroxylation is 1. The molecular weight excluding hydrogens is 222 g/mol. The molecule has 4 heteroatoms. The third-order valence-electron chi connectivity index (χ3n) is 3.19. The van der Waals surface area contributed by atoms with Gasteiger partial charge < -0.3 is 9.88 Å². The van der Waals surface area contributed by atoms with Gasteiger partial charge in [0.25, 0.3) is 0 Å². The Bertz CT molecular complexity index is 486. The molecule has 1 aliphatic heterocycles. The molecule has 86 valence electrons. The number of para-hydroxylation sites is 2. The maximum Gasteiger partial charge on any atom is 0.126 e. The first-order chi connectivity index (χ1) is 7.36. The third-order valence-corrected chi connectivity index (χ3v) is 3.19. The highest BCUT2D eigenvalue weighted by Crippen LogP contribution is 2.25. The Balaban J connectivity index is 0.000000963. The van der Waals surface area contributed by atoms with Crippen molar-refractivity contribution >= 4 is 23.4 Å². The van der Waals surface area contributed by atoms with Crippen molar-refractivity contribution in [3.63, 3.8) is 0 Å². The van der Waals surface area contributed by atoms with Crippen LogP contribution in [-0.4, -0.2) is 16.1 Å². The van der Waals surface area contributed by atoms with Crippen LogP contribution in [0.5, 0.6) is 0 Å². The Hall–Kier alpha value is -1.06. The zero-order valence-electron chi connectivity index (χ0n) is 9.31. The summed E-state index contributed by atoms with van der Waals surface area (Å²) in [5.41, 5.74) is 2.32. The average Bonchev–Trinajstić information content (AvgIpc) is 2.87. The minimum Gasteiger partial charge on any atom is -0.330 e. The molecule has 1 unspecified atom stereocenters. The zero-order valence-corrected chi connectivity index (χ0v) is 10.1. The molecule has 0 aliphatic carbocycles. The van der Waals surface area contributed by atoms with E-state index in [-0.39, 0.29) is 12.4 Å². The van der Waals surface area contributed by atoms with Crippen molar-refractivity contribution in [2.75, 3.05) is 6.54 Å². The van der Waals surface area contributed by atoms with E-state index < -0.39 is 0 Å². The molecule has 1 saturated heterocycles. The number of halogens is 1. The quantitative estimate of drug-likeness (QED) is 0.826. The number of nitrogens with one attached hydrogen (secondary N) is 1. The molecule has 0 radical (unpaired) electrons. The van der Waals surface area contributed by atoms with Crippen molar-refractivity contribution < 1.29 is 0 Å². The van der Waals surface area contributed by atoms with E-state index in [2.05, 4.69) is 35.1 Å². The minimum atomic E-state index is 0. The third kappa shape index (κ3) is 1.70. The van der Waals surface area contributed by atoms with E-state index in [4.69, 9.17) is 4.98 Å². The van der Waals surface area contributed by atoms with Gasteiger partial charge in [-0.15, -0.1) is 12.4 Å². The molecule has 3 nitrogen and oxygen atoms in total. The Labute approximate surface area is 101 Å². The minimum absolute atomic E-state index is 0. The summed E-state index contributed by atoms with van der Waals surface area (Å²) < 4.78 is 2.21. The fourth-order valence-electron chi connectivity index (χ4n) is 2.38. The number of benzene rings is 1. The highest BCUT2D eigenvalue weighted by molar-refractivity contribution is 5.85. The van der Waals surface area contributed by atoms with Gasteiger partial charge in [-0.05, 0) is 31.5 Å². The SMILES string of the molecule is Cl.Cn1c(C2CCCN2)nc2ccccc21. The first kappa shape index (κ1) is 11.4. The number of nitrogens with zero attached hydrogens (tertiary/aromatic N) is 2. The van der Waals surface area contributed by atoms with E-state index in [0.717, 1.165) is 12.1 Å². The van der Waals surface area contributed by atoms with Gasteiger partial charge >= 0.3 is 0 Å². The first-order valence-electron chi connectivity index (χ1n) is 5.51. The van der Waals surface area contributed by atoms with Crippen LogP contribution in [-0.2, 0) is 7.05 Å². The predicted octanol–water partition coefficient (Wildman–Crippen LogP) is 2.42. The lowest BCUT2D eigenvalue weighted by Crippen LogP contribution is -2.16. The lowest BCUT2D eigenvalue weighted by atomic mass is 10.2. The van der Waals surface area contributed by atoms with E-state index >= 15 is 0 Å². The van der Waals surface area contributed by atoms with Crippen LogP contribution in [0, 0.1) is 0 Å². The van der Waals surface area contributed by atoms with E-state index in [0.29, 0.717) is 6.04 Å². The van der Waals surface area contributed by atoms with Gasteiger partial charge in [-0.2, -0.15) is 0 Å². The van der Waals surface area contributed by atoms with Crippen LogP contribution in [0.25, 0.3) is 11.0 Å². The maximum atomic E-state index is 4.69. The maximum absolute atomic E-state index is 4.69. The lowest BCUT2D eigenvalue weighted by Gasteiger charge is -2.09. The molecule has 1 N–H and O–H groups in total. The molecule has 0 spiro atoms. The van der Waals surface area contributed by atoms with Gasteiger partial charge in [-0.3, -0.25) is 0 Å². The Morgan fingerprint density at radius 3 is 2.88 bits per heavy atom. The second kappa shape index (κ2) is 4.44. The largest absolute Gasteiger partial charge is 0.330 e. The predicted molar refractivity (Wildman–Crippen MR) is 67.9 cm³/mol. The Kier molecular flexibility index (Phi) is 3.17. The molecule has 0 amide bonds. The molecule has 1 aromatic heterocycles. The van der Waals surface area contributed by atoms with Crippen molar-refractivity contribution in [1.82, 2.24) is 14.9 Å². The molecule has 1 aliphatic rings. The van der Waals surface area contributed by atoms with Crippen molar-refractivity contribution in [1.29, 1.82) is 0 Å². The summed E-state index contributed by atoms with van der Waals surface area (Å²) >= 11 is 0. The molecule has 1 fully saturated rings. The van der Waals surface area contributed by atoms with Crippen LogP contribution in [0.15, 0.2) is 24.3 Å². The number of hydrogen-bond acceptors (Lipinski definition) is 2. The number of imidazole rings is 1. The Morgan fingerprint density at radius 2 is 2.19 bits per heavy atom. The fourth-order valence-corrected chi connectivity index (χ4v) is 2.38. The number of rotatable bonds is 1. The van der Waals surface area contributed by atoms with Gasteiger partial charge in [0, 0.05) is 7.05 Å². The van der Waals surface area contributed by atoms with Crippen molar-refractivity contribution in [3.8, 4) is 0 Å². The Morgan fingerprint density at radius 1 is 1.38 bits per heavy atom. The van der Waals surface area contributed by atoms with Crippen LogP contribution in [0.2, 0.25) is 0 Å².